The molecule has 3 rings (SSSR count). The minimum absolute atomic E-state index is 0.119. The average molecular weight is 486 g/mol. The van der Waals surface area contributed by atoms with Crippen molar-refractivity contribution in [2.45, 2.75) is 16.5 Å². The van der Waals surface area contributed by atoms with Gasteiger partial charge in [0.15, 0.2) is 0 Å². The van der Waals surface area contributed by atoms with Gasteiger partial charge < -0.3 is 15.4 Å². The molecule has 0 unspecified atom stereocenters. The van der Waals surface area contributed by atoms with Crippen LogP contribution in [0.1, 0.15) is 15.9 Å². The van der Waals surface area contributed by atoms with Gasteiger partial charge in [-0.1, -0.05) is 39.8 Å². The number of amides is 2. The number of methoxy groups -OCH3 is 1. The fourth-order valence-electron chi connectivity index (χ4n) is 2.52. The highest BCUT2D eigenvalue weighted by Crippen LogP contribution is 2.29. The van der Waals surface area contributed by atoms with E-state index in [1.165, 1.54) is 11.8 Å². The van der Waals surface area contributed by atoms with Crippen molar-refractivity contribution in [3.05, 3.63) is 82.5 Å². The zero-order valence-corrected chi connectivity index (χ0v) is 18.6. The Balaban J connectivity index is 1.54. The second-order valence-corrected chi connectivity index (χ2v) is 8.20. The molecule has 2 amide bonds. The Morgan fingerprint density at radius 1 is 1.03 bits per heavy atom. The summed E-state index contributed by atoms with van der Waals surface area (Å²) in [5.74, 6) is 0.137. The summed E-state index contributed by atoms with van der Waals surface area (Å²) in [6.07, 6.45) is 1.64. The molecule has 0 aliphatic carbocycles. The Hall–Kier alpha value is -2.84. The molecule has 0 atom stereocenters. The standard InChI is InChI=1S/C22H20BrN3O3S/c1-29-17-8-4-15(5-9-17)13-25-20(27)14-26-21(28)19-3-2-12-24-22(19)30-18-10-6-16(23)7-11-18/h2-12H,13-14H2,1H3,(H,25,27)(H,26,28). The normalized spacial score (nSPS) is 10.3. The number of ether oxygens (including phenoxy) is 1. The Kier molecular flexibility index (Phi) is 7.87. The second-order valence-electron chi connectivity index (χ2n) is 6.22. The van der Waals surface area contributed by atoms with Gasteiger partial charge in [-0.05, 0) is 54.1 Å². The molecule has 6 nitrogen and oxygen atoms in total. The van der Waals surface area contributed by atoms with Crippen LogP contribution in [0.5, 0.6) is 5.75 Å². The van der Waals surface area contributed by atoms with Crippen molar-refractivity contribution in [1.29, 1.82) is 0 Å². The van der Waals surface area contributed by atoms with E-state index in [4.69, 9.17) is 4.74 Å². The first kappa shape index (κ1) is 21.9. The van der Waals surface area contributed by atoms with Crippen LogP contribution in [0.4, 0.5) is 0 Å². The number of aromatic nitrogens is 1. The van der Waals surface area contributed by atoms with E-state index < -0.39 is 0 Å². The van der Waals surface area contributed by atoms with Crippen LogP contribution >= 0.6 is 27.7 Å². The van der Waals surface area contributed by atoms with E-state index in [1.807, 2.05) is 48.5 Å². The van der Waals surface area contributed by atoms with Crippen LogP contribution in [-0.2, 0) is 11.3 Å². The van der Waals surface area contributed by atoms with Crippen molar-refractivity contribution in [2.75, 3.05) is 13.7 Å². The molecular formula is C22H20BrN3O3S. The van der Waals surface area contributed by atoms with Gasteiger partial charge in [0.05, 0.1) is 19.2 Å². The van der Waals surface area contributed by atoms with Gasteiger partial charge in [0.25, 0.3) is 5.91 Å². The van der Waals surface area contributed by atoms with E-state index in [2.05, 4.69) is 31.5 Å². The van der Waals surface area contributed by atoms with E-state index in [1.54, 1.807) is 25.4 Å². The van der Waals surface area contributed by atoms with Crippen molar-refractivity contribution in [2.24, 2.45) is 0 Å². The molecule has 3 aromatic rings. The van der Waals surface area contributed by atoms with Gasteiger partial charge in [0.2, 0.25) is 5.91 Å². The molecule has 0 saturated carbocycles. The molecule has 0 bridgehead atoms. The number of hydrogen-bond acceptors (Lipinski definition) is 5. The highest BCUT2D eigenvalue weighted by atomic mass is 79.9. The number of pyridine rings is 1. The smallest absolute Gasteiger partial charge is 0.254 e. The molecule has 0 spiro atoms. The molecule has 30 heavy (non-hydrogen) atoms. The first-order valence-corrected chi connectivity index (χ1v) is 10.7. The van der Waals surface area contributed by atoms with Gasteiger partial charge in [-0.2, -0.15) is 0 Å². The van der Waals surface area contributed by atoms with Crippen LogP contribution in [0.25, 0.3) is 0 Å². The molecule has 154 valence electrons. The Labute approximate surface area is 187 Å². The third kappa shape index (κ3) is 6.33. The Morgan fingerprint density at radius 3 is 2.47 bits per heavy atom. The van der Waals surface area contributed by atoms with Gasteiger partial charge in [-0.15, -0.1) is 0 Å². The van der Waals surface area contributed by atoms with Crippen LogP contribution in [0.15, 0.2) is 81.3 Å². The number of carbonyl (C=O) groups excluding carboxylic acids is 2. The molecule has 0 fully saturated rings. The summed E-state index contributed by atoms with van der Waals surface area (Å²) in [5, 5.41) is 6.02. The molecule has 0 radical (unpaired) electrons. The molecule has 0 aliphatic heterocycles. The summed E-state index contributed by atoms with van der Waals surface area (Å²) in [6, 6.07) is 18.5. The quantitative estimate of drug-likeness (QED) is 0.502. The van der Waals surface area contributed by atoms with Crippen LogP contribution in [0, 0.1) is 0 Å². The lowest BCUT2D eigenvalue weighted by atomic mass is 10.2. The van der Waals surface area contributed by atoms with E-state index in [9.17, 15) is 9.59 Å². The van der Waals surface area contributed by atoms with Gasteiger partial charge in [-0.25, -0.2) is 4.98 Å². The van der Waals surface area contributed by atoms with Gasteiger partial charge >= 0.3 is 0 Å². The predicted octanol–water partition coefficient (Wildman–Crippen LogP) is 4.05. The second kappa shape index (κ2) is 10.8. The lowest BCUT2D eigenvalue weighted by Crippen LogP contribution is -2.36. The maximum absolute atomic E-state index is 12.6. The first-order valence-electron chi connectivity index (χ1n) is 9.11. The molecule has 8 heteroatoms. The maximum atomic E-state index is 12.6. The Morgan fingerprint density at radius 2 is 1.77 bits per heavy atom. The van der Waals surface area contributed by atoms with Crippen molar-refractivity contribution in [3.8, 4) is 5.75 Å². The number of rotatable bonds is 8. The topological polar surface area (TPSA) is 80.3 Å². The van der Waals surface area contributed by atoms with E-state index in [0.717, 1.165) is 20.7 Å². The molecule has 0 saturated heterocycles. The molecule has 1 heterocycles. The van der Waals surface area contributed by atoms with E-state index >= 15 is 0 Å². The summed E-state index contributed by atoms with van der Waals surface area (Å²) >= 11 is 4.80. The first-order chi connectivity index (χ1) is 14.5. The van der Waals surface area contributed by atoms with Gasteiger partial charge in [-0.3, -0.25) is 9.59 Å². The highest BCUT2D eigenvalue weighted by Gasteiger charge is 2.14. The van der Waals surface area contributed by atoms with E-state index in [0.29, 0.717) is 17.1 Å². The van der Waals surface area contributed by atoms with Gasteiger partial charge in [0, 0.05) is 22.1 Å². The molecule has 2 aromatic carbocycles. The number of carbonyl (C=O) groups is 2. The third-order valence-electron chi connectivity index (χ3n) is 4.10. The van der Waals surface area contributed by atoms with Crippen molar-refractivity contribution < 1.29 is 14.3 Å². The number of halogens is 1. The molecule has 2 N–H and O–H groups in total. The monoisotopic (exact) mass is 485 g/mol. The number of hydrogen-bond donors (Lipinski definition) is 2. The number of nitrogens with zero attached hydrogens (tertiary/aromatic N) is 1. The molecule has 0 aliphatic rings. The number of nitrogens with one attached hydrogen (secondary N) is 2. The van der Waals surface area contributed by atoms with Crippen molar-refractivity contribution in [1.82, 2.24) is 15.6 Å². The van der Waals surface area contributed by atoms with Crippen molar-refractivity contribution >= 4 is 39.5 Å². The number of benzene rings is 2. The average Bonchev–Trinajstić information content (AvgIpc) is 2.78. The molecule has 1 aromatic heterocycles. The van der Waals surface area contributed by atoms with E-state index in [-0.39, 0.29) is 18.4 Å². The predicted molar refractivity (Wildman–Crippen MR) is 120 cm³/mol. The van der Waals surface area contributed by atoms with Gasteiger partial charge in [0.1, 0.15) is 10.8 Å². The lowest BCUT2D eigenvalue weighted by molar-refractivity contribution is -0.120. The van der Waals surface area contributed by atoms with Crippen LogP contribution in [0.3, 0.4) is 0 Å². The van der Waals surface area contributed by atoms with Crippen LogP contribution in [0.2, 0.25) is 0 Å². The SMILES string of the molecule is COc1ccc(CNC(=O)CNC(=O)c2cccnc2Sc2ccc(Br)cc2)cc1. The zero-order valence-electron chi connectivity index (χ0n) is 16.2. The van der Waals surface area contributed by atoms with Crippen molar-refractivity contribution in [3.63, 3.8) is 0 Å². The minimum atomic E-state index is -0.345. The lowest BCUT2D eigenvalue weighted by Gasteiger charge is -2.10. The summed E-state index contributed by atoms with van der Waals surface area (Å²) < 4.78 is 6.09. The molecular weight excluding hydrogens is 466 g/mol. The summed E-state index contributed by atoms with van der Waals surface area (Å²) in [5.41, 5.74) is 1.37. The maximum Gasteiger partial charge on any atom is 0.254 e. The highest BCUT2D eigenvalue weighted by molar-refractivity contribution is 9.10. The summed E-state index contributed by atoms with van der Waals surface area (Å²) in [4.78, 5) is 30.0. The summed E-state index contributed by atoms with van der Waals surface area (Å²) in [7, 11) is 1.60. The summed E-state index contributed by atoms with van der Waals surface area (Å²) in [6.45, 7) is 0.253. The zero-order chi connectivity index (χ0) is 21.3. The van der Waals surface area contributed by atoms with Crippen LogP contribution < -0.4 is 15.4 Å². The third-order valence-corrected chi connectivity index (χ3v) is 5.66. The largest absolute Gasteiger partial charge is 0.497 e. The van der Waals surface area contributed by atoms with Crippen LogP contribution in [-0.4, -0.2) is 30.5 Å². The minimum Gasteiger partial charge on any atom is -0.497 e. The fourth-order valence-corrected chi connectivity index (χ4v) is 3.67. The fraction of sp³-hybridized carbons (Fsp3) is 0.136. The Bertz CT molecular complexity index is 1010.